The normalized spacial score (nSPS) is 21.8. The molecule has 1 unspecified atom stereocenters. The fraction of sp³-hybridized carbons (Fsp3) is 0.600. The van der Waals surface area contributed by atoms with Crippen molar-refractivity contribution in [1.29, 1.82) is 0 Å². The lowest BCUT2D eigenvalue weighted by molar-refractivity contribution is -0.144. The first kappa shape index (κ1) is 10.2. The number of hydrogen-bond donors (Lipinski definition) is 0. The van der Waals surface area contributed by atoms with Crippen molar-refractivity contribution in [3.63, 3.8) is 0 Å². The van der Waals surface area contributed by atoms with E-state index in [1.165, 1.54) is 7.11 Å². The van der Waals surface area contributed by atoms with Crippen LogP contribution in [0, 0.1) is 5.92 Å². The van der Waals surface area contributed by atoms with E-state index in [1.54, 1.807) is 12.5 Å². The predicted molar refractivity (Wildman–Crippen MR) is 51.9 cm³/mol. The van der Waals surface area contributed by atoms with Crippen LogP contribution in [0.1, 0.15) is 12.0 Å². The minimum Gasteiger partial charge on any atom is -0.469 e. The lowest BCUT2D eigenvalue weighted by Crippen LogP contribution is -2.23. The van der Waals surface area contributed by atoms with E-state index in [4.69, 9.17) is 9.26 Å². The van der Waals surface area contributed by atoms with Crippen molar-refractivity contribution in [1.82, 2.24) is 10.1 Å². The third-order valence-corrected chi connectivity index (χ3v) is 2.70. The zero-order valence-electron chi connectivity index (χ0n) is 8.68. The number of nitrogens with zero attached hydrogens (tertiary/aromatic N) is 2. The van der Waals surface area contributed by atoms with E-state index in [-0.39, 0.29) is 11.9 Å². The molecule has 1 atom stereocenters. The third kappa shape index (κ3) is 2.36. The Morgan fingerprint density at radius 3 is 3.33 bits per heavy atom. The van der Waals surface area contributed by atoms with Gasteiger partial charge >= 0.3 is 5.97 Å². The van der Waals surface area contributed by atoms with Gasteiger partial charge in [-0.25, -0.2) is 0 Å². The van der Waals surface area contributed by atoms with Gasteiger partial charge in [0, 0.05) is 18.7 Å². The van der Waals surface area contributed by atoms with Crippen molar-refractivity contribution in [2.24, 2.45) is 5.92 Å². The van der Waals surface area contributed by atoms with Crippen LogP contribution in [0.2, 0.25) is 0 Å². The maximum absolute atomic E-state index is 11.3. The molecule has 0 bridgehead atoms. The van der Waals surface area contributed by atoms with Crippen LogP contribution in [0.3, 0.4) is 0 Å². The smallest absolute Gasteiger partial charge is 0.310 e. The number of hydrogen-bond acceptors (Lipinski definition) is 5. The van der Waals surface area contributed by atoms with Gasteiger partial charge in [0.15, 0.2) is 0 Å². The van der Waals surface area contributed by atoms with Crippen molar-refractivity contribution < 1.29 is 14.1 Å². The Hall–Kier alpha value is -1.36. The number of ether oxygens (including phenoxy) is 1. The van der Waals surface area contributed by atoms with Gasteiger partial charge in [-0.2, -0.15) is 0 Å². The van der Waals surface area contributed by atoms with Gasteiger partial charge in [-0.05, 0) is 13.0 Å². The van der Waals surface area contributed by atoms with Crippen molar-refractivity contribution >= 4 is 5.97 Å². The first-order valence-electron chi connectivity index (χ1n) is 4.98. The van der Waals surface area contributed by atoms with E-state index >= 15 is 0 Å². The van der Waals surface area contributed by atoms with Crippen molar-refractivity contribution in [3.8, 4) is 0 Å². The average molecular weight is 210 g/mol. The van der Waals surface area contributed by atoms with Gasteiger partial charge in [-0.1, -0.05) is 5.16 Å². The molecule has 5 heteroatoms. The average Bonchev–Trinajstić information content (AvgIpc) is 2.88. The van der Waals surface area contributed by atoms with Gasteiger partial charge in [-0.3, -0.25) is 9.69 Å². The summed E-state index contributed by atoms with van der Waals surface area (Å²) in [7, 11) is 1.44. The minimum atomic E-state index is -0.109. The topological polar surface area (TPSA) is 55.6 Å². The van der Waals surface area contributed by atoms with Gasteiger partial charge in [0.1, 0.15) is 6.26 Å². The number of carbonyl (C=O) groups excluding carboxylic acids is 1. The summed E-state index contributed by atoms with van der Waals surface area (Å²) in [5.74, 6) is -0.0855. The van der Waals surface area contributed by atoms with Crippen LogP contribution < -0.4 is 0 Å². The largest absolute Gasteiger partial charge is 0.469 e. The van der Waals surface area contributed by atoms with Crippen molar-refractivity contribution in [2.75, 3.05) is 20.2 Å². The van der Waals surface area contributed by atoms with Crippen LogP contribution in [-0.4, -0.2) is 36.2 Å². The molecule has 82 valence electrons. The van der Waals surface area contributed by atoms with Gasteiger partial charge < -0.3 is 9.26 Å². The maximum Gasteiger partial charge on any atom is 0.310 e. The predicted octanol–water partition coefficient (Wildman–Crippen LogP) is 0.669. The summed E-state index contributed by atoms with van der Waals surface area (Å²) >= 11 is 0. The van der Waals surface area contributed by atoms with Gasteiger partial charge in [-0.15, -0.1) is 0 Å². The summed E-state index contributed by atoms with van der Waals surface area (Å²) in [5, 5.41) is 3.64. The quantitative estimate of drug-likeness (QED) is 0.686. The van der Waals surface area contributed by atoms with Crippen LogP contribution in [0.15, 0.2) is 17.0 Å². The summed E-state index contributed by atoms with van der Waals surface area (Å²) in [6.45, 7) is 2.47. The molecule has 2 heterocycles. The summed E-state index contributed by atoms with van der Waals surface area (Å²) in [6.07, 6.45) is 4.20. The van der Waals surface area contributed by atoms with Crippen molar-refractivity contribution in [2.45, 2.75) is 13.0 Å². The molecular weight excluding hydrogens is 196 g/mol. The molecule has 15 heavy (non-hydrogen) atoms. The van der Waals surface area contributed by atoms with Crippen LogP contribution in [0.4, 0.5) is 0 Å². The minimum absolute atomic E-state index is 0.0230. The molecule has 1 aliphatic rings. The Kier molecular flexibility index (Phi) is 3.01. The van der Waals surface area contributed by atoms with Crippen LogP contribution in [0.25, 0.3) is 0 Å². The van der Waals surface area contributed by atoms with Gasteiger partial charge in [0.2, 0.25) is 0 Å². The van der Waals surface area contributed by atoms with Crippen LogP contribution in [0.5, 0.6) is 0 Å². The summed E-state index contributed by atoms with van der Waals surface area (Å²) < 4.78 is 9.47. The molecule has 0 radical (unpaired) electrons. The Morgan fingerprint density at radius 1 is 1.80 bits per heavy atom. The monoisotopic (exact) mass is 210 g/mol. The Balaban J connectivity index is 1.85. The van der Waals surface area contributed by atoms with E-state index in [0.29, 0.717) is 0 Å². The molecule has 1 fully saturated rings. The molecule has 0 N–H and O–H groups in total. The standard InChI is InChI=1S/C10H14N2O3/c1-14-10(13)9-2-3-12(6-9)5-8-4-11-15-7-8/h4,7,9H,2-3,5-6H2,1H3. The molecule has 1 aromatic heterocycles. The molecule has 0 spiro atoms. The molecule has 0 aliphatic carbocycles. The number of methoxy groups -OCH3 is 1. The molecule has 0 aromatic carbocycles. The zero-order chi connectivity index (χ0) is 10.7. The van der Waals surface area contributed by atoms with Crippen LogP contribution in [-0.2, 0) is 16.1 Å². The zero-order valence-corrected chi connectivity index (χ0v) is 8.68. The number of likely N-dealkylation sites (tertiary alicyclic amines) is 1. The highest BCUT2D eigenvalue weighted by atomic mass is 16.5. The molecule has 0 saturated carbocycles. The molecular formula is C10H14N2O3. The highest BCUT2D eigenvalue weighted by Crippen LogP contribution is 2.19. The summed E-state index contributed by atoms with van der Waals surface area (Å²) in [6, 6.07) is 0. The Morgan fingerprint density at radius 2 is 2.67 bits per heavy atom. The first-order valence-corrected chi connectivity index (χ1v) is 4.98. The molecule has 0 amide bonds. The molecule has 5 nitrogen and oxygen atoms in total. The Labute approximate surface area is 88.0 Å². The molecule has 1 aromatic rings. The number of rotatable bonds is 3. The second-order valence-electron chi connectivity index (χ2n) is 3.78. The second-order valence-corrected chi connectivity index (χ2v) is 3.78. The first-order chi connectivity index (χ1) is 7.29. The number of carbonyl (C=O) groups is 1. The van der Waals surface area contributed by atoms with E-state index in [2.05, 4.69) is 10.1 Å². The van der Waals surface area contributed by atoms with E-state index in [9.17, 15) is 4.79 Å². The van der Waals surface area contributed by atoms with Crippen LogP contribution >= 0.6 is 0 Å². The van der Waals surface area contributed by atoms with Crippen molar-refractivity contribution in [3.05, 3.63) is 18.0 Å². The van der Waals surface area contributed by atoms with Gasteiger partial charge in [0.05, 0.1) is 19.2 Å². The number of esters is 1. The molecule has 1 aliphatic heterocycles. The maximum atomic E-state index is 11.3. The van der Waals surface area contributed by atoms with E-state index < -0.39 is 0 Å². The fourth-order valence-corrected chi connectivity index (χ4v) is 1.90. The lowest BCUT2D eigenvalue weighted by atomic mass is 10.1. The Bertz CT molecular complexity index is 323. The third-order valence-electron chi connectivity index (χ3n) is 2.70. The van der Waals surface area contributed by atoms with Gasteiger partial charge in [0.25, 0.3) is 0 Å². The molecule has 2 rings (SSSR count). The van der Waals surface area contributed by atoms with E-state index in [1.807, 2.05) is 0 Å². The number of aromatic nitrogens is 1. The SMILES string of the molecule is COC(=O)C1CCN(Cc2cnoc2)C1. The fourth-order valence-electron chi connectivity index (χ4n) is 1.90. The van der Waals surface area contributed by atoms with E-state index in [0.717, 1.165) is 31.6 Å². The summed E-state index contributed by atoms with van der Waals surface area (Å²) in [4.78, 5) is 13.5. The second kappa shape index (κ2) is 4.44. The summed E-state index contributed by atoms with van der Waals surface area (Å²) in [5.41, 5.74) is 1.04. The lowest BCUT2D eigenvalue weighted by Gasteiger charge is -2.13. The molecule has 1 saturated heterocycles. The highest BCUT2D eigenvalue weighted by Gasteiger charge is 2.28. The highest BCUT2D eigenvalue weighted by molar-refractivity contribution is 5.72.